The molecule has 3 nitrogen and oxygen atoms in total. The highest BCUT2D eigenvalue weighted by atomic mass is 35.5. The Hall–Kier alpha value is -1.39. The Labute approximate surface area is 105 Å². The van der Waals surface area contributed by atoms with Gasteiger partial charge in [0.05, 0.1) is 10.5 Å². The van der Waals surface area contributed by atoms with Crippen molar-refractivity contribution in [2.45, 2.75) is 6.92 Å². The number of hydrogen-bond donors (Lipinski definition) is 0. The number of aromatic nitrogens is 2. The SMILES string of the molecule is Cc1nc2c(Cl)nc3cc(F)c(Cl)cc3c2o1. The molecule has 0 unspecified atom stereocenters. The quantitative estimate of drug-likeness (QED) is 0.577. The van der Waals surface area contributed by atoms with Crippen LogP contribution in [-0.4, -0.2) is 9.97 Å². The second kappa shape index (κ2) is 3.55. The molecule has 3 aromatic rings. The highest BCUT2D eigenvalue weighted by molar-refractivity contribution is 6.35. The summed E-state index contributed by atoms with van der Waals surface area (Å²) in [5, 5.41) is 0.791. The van der Waals surface area contributed by atoms with E-state index in [1.54, 1.807) is 6.92 Å². The van der Waals surface area contributed by atoms with Crippen molar-refractivity contribution >= 4 is 45.2 Å². The lowest BCUT2D eigenvalue weighted by Crippen LogP contribution is -1.86. The maximum atomic E-state index is 13.3. The Balaban J connectivity index is 2.58. The molecule has 6 heteroatoms. The van der Waals surface area contributed by atoms with Gasteiger partial charge >= 0.3 is 0 Å². The summed E-state index contributed by atoms with van der Waals surface area (Å²) in [5.74, 6) is -0.0741. The number of fused-ring (bicyclic) bond motifs is 3. The minimum atomic E-state index is -0.543. The number of aryl methyl sites for hydroxylation is 1. The molecule has 0 N–H and O–H groups in total. The molecule has 86 valence electrons. The number of hydrogen-bond acceptors (Lipinski definition) is 3. The van der Waals surface area contributed by atoms with Gasteiger partial charge in [0.2, 0.25) is 0 Å². The molecular weight excluding hydrogens is 266 g/mol. The summed E-state index contributed by atoms with van der Waals surface area (Å²) < 4.78 is 18.8. The fraction of sp³-hybridized carbons (Fsp3) is 0.0909. The molecule has 0 radical (unpaired) electrons. The van der Waals surface area contributed by atoms with Crippen molar-refractivity contribution in [2.75, 3.05) is 0 Å². The third-order valence-electron chi connectivity index (χ3n) is 2.43. The second-order valence-electron chi connectivity index (χ2n) is 3.60. The van der Waals surface area contributed by atoms with E-state index in [2.05, 4.69) is 9.97 Å². The molecule has 0 spiro atoms. The van der Waals surface area contributed by atoms with Crippen LogP contribution in [0.1, 0.15) is 5.89 Å². The molecule has 0 saturated carbocycles. The normalized spacial score (nSPS) is 11.5. The van der Waals surface area contributed by atoms with Gasteiger partial charge in [-0.05, 0) is 6.07 Å². The van der Waals surface area contributed by atoms with Crippen LogP contribution in [0.4, 0.5) is 4.39 Å². The number of oxazole rings is 1. The smallest absolute Gasteiger partial charge is 0.192 e. The first-order valence-corrected chi connectivity index (χ1v) is 5.53. The van der Waals surface area contributed by atoms with Crippen molar-refractivity contribution in [1.82, 2.24) is 9.97 Å². The van der Waals surface area contributed by atoms with Gasteiger partial charge in [-0.3, -0.25) is 0 Å². The summed E-state index contributed by atoms with van der Waals surface area (Å²) in [6, 6.07) is 2.68. The fourth-order valence-corrected chi connectivity index (χ4v) is 2.10. The van der Waals surface area contributed by atoms with Crippen LogP contribution in [0.3, 0.4) is 0 Å². The molecule has 1 aromatic carbocycles. The molecule has 0 atom stereocenters. The second-order valence-corrected chi connectivity index (χ2v) is 4.36. The van der Waals surface area contributed by atoms with Crippen LogP contribution in [0.25, 0.3) is 22.0 Å². The van der Waals surface area contributed by atoms with Gasteiger partial charge in [-0.2, -0.15) is 0 Å². The number of benzene rings is 1. The lowest BCUT2D eigenvalue weighted by molar-refractivity contribution is 0.563. The molecule has 0 fully saturated rings. The van der Waals surface area contributed by atoms with Crippen molar-refractivity contribution in [3.63, 3.8) is 0 Å². The van der Waals surface area contributed by atoms with Crippen LogP contribution >= 0.6 is 23.2 Å². The molecule has 0 saturated heterocycles. The van der Waals surface area contributed by atoms with Crippen LogP contribution in [0.2, 0.25) is 10.2 Å². The van der Waals surface area contributed by atoms with E-state index in [9.17, 15) is 4.39 Å². The highest BCUT2D eigenvalue weighted by Crippen LogP contribution is 2.32. The van der Waals surface area contributed by atoms with Gasteiger partial charge < -0.3 is 4.42 Å². The van der Waals surface area contributed by atoms with E-state index in [0.29, 0.717) is 27.9 Å². The summed E-state index contributed by atoms with van der Waals surface area (Å²) in [4.78, 5) is 8.18. The Bertz CT molecular complexity index is 754. The molecule has 0 aliphatic heterocycles. The molecular formula is C11H5Cl2FN2O. The standard InChI is InChI=1S/C11H5Cl2FN2O/c1-4-15-9-10(17-4)5-2-6(12)7(14)3-8(5)16-11(9)13/h2-3H,1H3. The Morgan fingerprint density at radius 2 is 2.00 bits per heavy atom. The van der Waals surface area contributed by atoms with E-state index in [4.69, 9.17) is 27.6 Å². The minimum absolute atomic E-state index is 0.0111. The number of rotatable bonds is 0. The Kier molecular flexibility index (Phi) is 2.24. The predicted octanol–water partition coefficient (Wildman–Crippen LogP) is 4.13. The zero-order chi connectivity index (χ0) is 12.2. The van der Waals surface area contributed by atoms with Crippen molar-refractivity contribution in [2.24, 2.45) is 0 Å². The van der Waals surface area contributed by atoms with Crippen molar-refractivity contribution in [3.8, 4) is 0 Å². The first kappa shape index (κ1) is 10.7. The Morgan fingerprint density at radius 1 is 1.24 bits per heavy atom. The van der Waals surface area contributed by atoms with Gasteiger partial charge in [-0.15, -0.1) is 0 Å². The maximum Gasteiger partial charge on any atom is 0.192 e. The first-order chi connectivity index (χ1) is 8.06. The zero-order valence-electron chi connectivity index (χ0n) is 8.59. The summed E-state index contributed by atoms with van der Waals surface area (Å²) in [5.41, 5.74) is 1.32. The van der Waals surface area contributed by atoms with E-state index >= 15 is 0 Å². The van der Waals surface area contributed by atoms with Crippen LogP contribution < -0.4 is 0 Å². The van der Waals surface area contributed by atoms with Crippen LogP contribution in [0.5, 0.6) is 0 Å². The average Bonchev–Trinajstić information content (AvgIpc) is 2.64. The van der Waals surface area contributed by atoms with Gasteiger partial charge in [0.1, 0.15) is 11.3 Å². The molecule has 0 amide bonds. The number of pyridine rings is 1. The van der Waals surface area contributed by atoms with Crippen molar-refractivity contribution < 1.29 is 8.81 Å². The van der Waals surface area contributed by atoms with E-state index < -0.39 is 5.82 Å². The molecule has 2 aromatic heterocycles. The number of nitrogens with zero attached hydrogens (tertiary/aromatic N) is 2. The summed E-state index contributed by atoms with van der Waals surface area (Å²) in [6.07, 6.45) is 0. The van der Waals surface area contributed by atoms with Crippen molar-refractivity contribution in [3.05, 3.63) is 34.0 Å². The van der Waals surface area contributed by atoms with Crippen LogP contribution in [0, 0.1) is 12.7 Å². The largest absolute Gasteiger partial charge is 0.440 e. The van der Waals surface area contributed by atoms with Gasteiger partial charge in [0, 0.05) is 18.4 Å². The van der Waals surface area contributed by atoms with E-state index in [1.807, 2.05) is 0 Å². The van der Waals surface area contributed by atoms with Gasteiger partial charge in [0.25, 0.3) is 0 Å². The molecule has 2 heterocycles. The fourth-order valence-electron chi connectivity index (χ4n) is 1.72. The topological polar surface area (TPSA) is 38.9 Å². The summed E-state index contributed by atoms with van der Waals surface area (Å²) >= 11 is 11.7. The van der Waals surface area contributed by atoms with E-state index in [-0.39, 0.29) is 10.2 Å². The molecule has 0 aliphatic carbocycles. The predicted molar refractivity (Wildman–Crippen MR) is 64.0 cm³/mol. The first-order valence-electron chi connectivity index (χ1n) is 4.77. The van der Waals surface area contributed by atoms with E-state index in [1.165, 1.54) is 12.1 Å². The van der Waals surface area contributed by atoms with Crippen molar-refractivity contribution in [1.29, 1.82) is 0 Å². The summed E-state index contributed by atoms with van der Waals surface area (Å²) in [7, 11) is 0. The molecule has 3 rings (SSSR count). The monoisotopic (exact) mass is 270 g/mol. The van der Waals surface area contributed by atoms with Crippen LogP contribution in [-0.2, 0) is 0 Å². The van der Waals surface area contributed by atoms with E-state index in [0.717, 1.165) is 0 Å². The lowest BCUT2D eigenvalue weighted by Gasteiger charge is -2.01. The third kappa shape index (κ3) is 1.56. The third-order valence-corrected chi connectivity index (χ3v) is 2.98. The molecule has 0 aliphatic rings. The van der Waals surface area contributed by atoms with Crippen LogP contribution in [0.15, 0.2) is 16.5 Å². The van der Waals surface area contributed by atoms with Gasteiger partial charge in [0.15, 0.2) is 16.6 Å². The highest BCUT2D eigenvalue weighted by Gasteiger charge is 2.14. The number of halogens is 3. The summed E-state index contributed by atoms with van der Waals surface area (Å²) in [6.45, 7) is 1.70. The average molecular weight is 271 g/mol. The maximum absolute atomic E-state index is 13.3. The van der Waals surface area contributed by atoms with Gasteiger partial charge in [-0.25, -0.2) is 14.4 Å². The minimum Gasteiger partial charge on any atom is -0.440 e. The molecule has 17 heavy (non-hydrogen) atoms. The Morgan fingerprint density at radius 3 is 2.76 bits per heavy atom. The van der Waals surface area contributed by atoms with Gasteiger partial charge in [-0.1, -0.05) is 23.2 Å². The zero-order valence-corrected chi connectivity index (χ0v) is 10.1. The molecule has 0 bridgehead atoms. The lowest BCUT2D eigenvalue weighted by atomic mass is 10.2.